The maximum Gasteiger partial charge on any atom is 0.246 e. The first kappa shape index (κ1) is 21.2. The van der Waals surface area contributed by atoms with Crippen LogP contribution >= 0.6 is 11.3 Å². The fraction of sp³-hybridized carbons (Fsp3) is 0.450. The molecule has 1 aromatic carbocycles. The zero-order valence-corrected chi connectivity index (χ0v) is 17.4. The van der Waals surface area contributed by atoms with E-state index in [1.165, 1.54) is 28.4 Å². The summed E-state index contributed by atoms with van der Waals surface area (Å²) in [5.74, 6) is -2.09. The van der Waals surface area contributed by atoms with Crippen LogP contribution in [0.3, 0.4) is 0 Å². The Morgan fingerprint density at radius 1 is 1.28 bits per heavy atom. The Kier molecular flexibility index (Phi) is 5.88. The summed E-state index contributed by atoms with van der Waals surface area (Å²) in [6, 6.07) is 1.96. The first-order chi connectivity index (χ1) is 13.6. The summed E-state index contributed by atoms with van der Waals surface area (Å²) in [4.78, 5) is 30.8. The van der Waals surface area contributed by atoms with Gasteiger partial charge in [0.1, 0.15) is 23.7 Å². The van der Waals surface area contributed by atoms with E-state index < -0.39 is 35.0 Å². The second-order valence-electron chi connectivity index (χ2n) is 8.23. The van der Waals surface area contributed by atoms with Crippen LogP contribution < -0.4 is 11.1 Å². The molecule has 1 aromatic heterocycles. The molecule has 29 heavy (non-hydrogen) atoms. The number of hydrogen-bond donors (Lipinski definition) is 2. The highest BCUT2D eigenvalue weighted by molar-refractivity contribution is 7.14. The minimum Gasteiger partial charge on any atom is -0.368 e. The average molecular weight is 423 g/mol. The molecule has 2 heterocycles. The number of nitrogens with two attached hydrogens (primary N) is 1. The number of nitrogens with zero attached hydrogens (tertiary/aromatic N) is 2. The van der Waals surface area contributed by atoms with Crippen molar-refractivity contribution in [3.8, 4) is 11.3 Å². The lowest BCUT2D eigenvalue weighted by atomic mass is 9.85. The van der Waals surface area contributed by atoms with Gasteiger partial charge in [-0.25, -0.2) is 13.8 Å². The fourth-order valence-corrected chi connectivity index (χ4v) is 4.19. The summed E-state index contributed by atoms with van der Waals surface area (Å²) in [6.45, 7) is 6.21. The Balaban J connectivity index is 1.84. The largest absolute Gasteiger partial charge is 0.368 e. The van der Waals surface area contributed by atoms with Gasteiger partial charge < -0.3 is 16.0 Å². The average Bonchev–Trinajstić information content (AvgIpc) is 3.26. The maximum absolute atomic E-state index is 13.5. The third-order valence-electron chi connectivity index (χ3n) is 4.91. The first-order valence-corrected chi connectivity index (χ1v) is 10.2. The molecule has 1 fully saturated rings. The highest BCUT2D eigenvalue weighted by Crippen LogP contribution is 2.31. The molecule has 2 amide bonds. The molecule has 1 aliphatic rings. The molecule has 1 saturated heterocycles. The minimum absolute atomic E-state index is 0.215. The molecular formula is C20H24F2N4O2S. The molecule has 2 aromatic rings. The number of thiazole rings is 1. The second-order valence-corrected chi connectivity index (χ2v) is 9.09. The van der Waals surface area contributed by atoms with E-state index in [1.807, 2.05) is 20.8 Å². The number of amides is 2. The van der Waals surface area contributed by atoms with Crippen LogP contribution in [0.1, 0.15) is 33.6 Å². The van der Waals surface area contributed by atoms with Crippen molar-refractivity contribution >= 4 is 28.3 Å². The van der Waals surface area contributed by atoms with Gasteiger partial charge in [-0.1, -0.05) is 20.8 Å². The van der Waals surface area contributed by atoms with Crippen molar-refractivity contribution in [2.75, 3.05) is 11.9 Å². The van der Waals surface area contributed by atoms with Crippen LogP contribution in [0.2, 0.25) is 0 Å². The number of carbonyl (C=O) groups is 2. The van der Waals surface area contributed by atoms with Crippen LogP contribution in [-0.4, -0.2) is 40.3 Å². The van der Waals surface area contributed by atoms with Gasteiger partial charge in [0.05, 0.1) is 5.69 Å². The second kappa shape index (κ2) is 8.06. The van der Waals surface area contributed by atoms with E-state index in [0.717, 1.165) is 12.5 Å². The lowest BCUT2D eigenvalue weighted by Crippen LogP contribution is -2.53. The lowest BCUT2D eigenvalue weighted by Gasteiger charge is -2.35. The van der Waals surface area contributed by atoms with Gasteiger partial charge in [0.15, 0.2) is 5.13 Å². The molecule has 3 rings (SSSR count). The van der Waals surface area contributed by atoms with E-state index in [2.05, 4.69) is 10.3 Å². The molecule has 0 bridgehead atoms. The molecule has 3 N–H and O–H groups in total. The molecule has 9 heteroatoms. The van der Waals surface area contributed by atoms with E-state index in [9.17, 15) is 18.4 Å². The predicted octanol–water partition coefficient (Wildman–Crippen LogP) is 3.39. The van der Waals surface area contributed by atoms with Crippen molar-refractivity contribution in [2.24, 2.45) is 11.1 Å². The predicted molar refractivity (Wildman–Crippen MR) is 108 cm³/mol. The molecule has 2 atom stereocenters. The standard InChI is InChI=1S/C20H24F2N4O2S/c1-20(2,3)16(18(28)26-6-4-5-15(26)17(23)27)25-19-24-14(10-29-19)11-7-12(21)9-13(22)8-11/h7-10,15-16H,4-6H2,1-3H3,(H2,23,27)(H,24,25)/t15-,16+/m0/s1. The van der Waals surface area contributed by atoms with Gasteiger partial charge in [-0.15, -0.1) is 11.3 Å². The van der Waals surface area contributed by atoms with Crippen molar-refractivity contribution < 1.29 is 18.4 Å². The van der Waals surface area contributed by atoms with Crippen LogP contribution in [0.25, 0.3) is 11.3 Å². The molecule has 0 radical (unpaired) electrons. The van der Waals surface area contributed by atoms with Crippen LogP contribution in [0.4, 0.5) is 13.9 Å². The molecule has 6 nitrogen and oxygen atoms in total. The number of aromatic nitrogens is 1. The summed E-state index contributed by atoms with van der Waals surface area (Å²) in [5.41, 5.74) is 5.71. The van der Waals surface area contributed by atoms with Crippen LogP contribution in [0, 0.1) is 17.0 Å². The summed E-state index contributed by atoms with van der Waals surface area (Å²) in [5, 5.41) is 5.27. The molecule has 0 saturated carbocycles. The molecule has 1 aliphatic heterocycles. The van der Waals surface area contributed by atoms with Crippen LogP contribution in [0.5, 0.6) is 0 Å². The zero-order chi connectivity index (χ0) is 21.3. The zero-order valence-electron chi connectivity index (χ0n) is 16.5. The minimum atomic E-state index is -0.684. The molecule has 0 spiro atoms. The Labute approximate surface area is 172 Å². The number of hydrogen-bond acceptors (Lipinski definition) is 5. The summed E-state index contributed by atoms with van der Waals surface area (Å²) >= 11 is 1.24. The smallest absolute Gasteiger partial charge is 0.246 e. The molecule has 156 valence electrons. The number of carbonyl (C=O) groups excluding carboxylic acids is 2. The lowest BCUT2D eigenvalue weighted by molar-refractivity contribution is -0.139. The number of anilines is 1. The van der Waals surface area contributed by atoms with Crippen molar-refractivity contribution in [2.45, 2.75) is 45.7 Å². The Morgan fingerprint density at radius 2 is 1.93 bits per heavy atom. The van der Waals surface area contributed by atoms with Gasteiger partial charge in [0, 0.05) is 23.6 Å². The van der Waals surface area contributed by atoms with E-state index in [1.54, 1.807) is 5.38 Å². The monoisotopic (exact) mass is 422 g/mol. The number of halogens is 2. The first-order valence-electron chi connectivity index (χ1n) is 9.34. The van der Waals surface area contributed by atoms with Crippen molar-refractivity contribution in [1.82, 2.24) is 9.88 Å². The van der Waals surface area contributed by atoms with Crippen LogP contribution in [0.15, 0.2) is 23.6 Å². The number of nitrogens with one attached hydrogen (secondary N) is 1. The van der Waals surface area contributed by atoms with E-state index in [4.69, 9.17) is 5.73 Å². The van der Waals surface area contributed by atoms with Gasteiger partial charge in [-0.3, -0.25) is 9.59 Å². The molecular weight excluding hydrogens is 398 g/mol. The van der Waals surface area contributed by atoms with Crippen LogP contribution in [-0.2, 0) is 9.59 Å². The number of likely N-dealkylation sites (tertiary alicyclic amines) is 1. The van der Waals surface area contributed by atoms with Gasteiger partial charge in [0.25, 0.3) is 0 Å². The number of benzene rings is 1. The Bertz CT molecular complexity index is 905. The molecule has 0 unspecified atom stereocenters. The fourth-order valence-electron chi connectivity index (χ4n) is 3.44. The maximum atomic E-state index is 13.5. The summed E-state index contributed by atoms with van der Waals surface area (Å²) in [6.07, 6.45) is 1.28. The van der Waals surface area contributed by atoms with E-state index in [-0.39, 0.29) is 5.91 Å². The van der Waals surface area contributed by atoms with Gasteiger partial charge >= 0.3 is 0 Å². The highest BCUT2D eigenvalue weighted by Gasteiger charge is 2.40. The van der Waals surface area contributed by atoms with Gasteiger partial charge in [-0.2, -0.15) is 0 Å². The highest BCUT2D eigenvalue weighted by atomic mass is 32.1. The third kappa shape index (κ3) is 4.72. The topological polar surface area (TPSA) is 88.3 Å². The van der Waals surface area contributed by atoms with Crippen molar-refractivity contribution in [3.63, 3.8) is 0 Å². The van der Waals surface area contributed by atoms with Crippen molar-refractivity contribution in [1.29, 1.82) is 0 Å². The van der Waals surface area contributed by atoms with E-state index >= 15 is 0 Å². The molecule has 0 aliphatic carbocycles. The Morgan fingerprint density at radius 3 is 2.52 bits per heavy atom. The normalized spacial score (nSPS) is 18.0. The summed E-state index contributed by atoms with van der Waals surface area (Å²) < 4.78 is 27.0. The van der Waals surface area contributed by atoms with Gasteiger partial charge in [-0.05, 0) is 30.4 Å². The van der Waals surface area contributed by atoms with Crippen molar-refractivity contribution in [3.05, 3.63) is 35.2 Å². The van der Waals surface area contributed by atoms with Gasteiger partial charge in [0.2, 0.25) is 11.8 Å². The van der Waals surface area contributed by atoms with E-state index in [0.29, 0.717) is 29.4 Å². The number of primary amides is 1. The summed E-state index contributed by atoms with van der Waals surface area (Å²) in [7, 11) is 0. The SMILES string of the molecule is CC(C)(C)[C@H](Nc1nc(-c2cc(F)cc(F)c2)cs1)C(=O)N1CCC[C@H]1C(N)=O. The number of rotatable bonds is 5. The quantitative estimate of drug-likeness (QED) is 0.773. The Hall–Kier alpha value is -2.55. The third-order valence-corrected chi connectivity index (χ3v) is 5.68.